The zero-order valence-electron chi connectivity index (χ0n) is 16.7. The zero-order chi connectivity index (χ0) is 22.7. The average molecular weight is 444 g/mol. The van der Waals surface area contributed by atoms with Crippen molar-refractivity contribution in [2.75, 3.05) is 12.3 Å². The van der Waals surface area contributed by atoms with Gasteiger partial charge < -0.3 is 15.2 Å². The van der Waals surface area contributed by atoms with Gasteiger partial charge in [0.1, 0.15) is 11.5 Å². The number of nitrogen functional groups attached to an aromatic ring is 1. The van der Waals surface area contributed by atoms with Crippen LogP contribution >= 0.6 is 0 Å². The molecule has 0 bridgehead atoms. The number of hydrogen-bond acceptors (Lipinski definition) is 5. The van der Waals surface area contributed by atoms with Gasteiger partial charge in [-0.2, -0.15) is 0 Å². The van der Waals surface area contributed by atoms with Gasteiger partial charge in [0.2, 0.25) is 0 Å². The van der Waals surface area contributed by atoms with E-state index in [-0.39, 0.29) is 11.4 Å². The van der Waals surface area contributed by atoms with Gasteiger partial charge in [-0.3, -0.25) is 0 Å². The Kier molecular flexibility index (Phi) is 5.76. The number of benzene rings is 2. The maximum absolute atomic E-state index is 12.7. The van der Waals surface area contributed by atoms with Crippen molar-refractivity contribution in [2.24, 2.45) is 0 Å². The van der Waals surface area contributed by atoms with Crippen LogP contribution in [-0.2, 0) is 6.54 Å². The zero-order valence-corrected chi connectivity index (χ0v) is 16.7. The first-order valence-corrected chi connectivity index (χ1v) is 9.73. The lowest BCUT2D eigenvalue weighted by molar-refractivity contribution is -0.274. The molecule has 0 aliphatic carbocycles. The maximum Gasteiger partial charge on any atom is 0.573 e. The molecule has 4 rings (SSSR count). The number of rotatable bonds is 7. The van der Waals surface area contributed by atoms with E-state index in [1.54, 1.807) is 30.5 Å². The Hall–Kier alpha value is -3.95. The number of nitrogens with zero attached hydrogens (tertiary/aromatic N) is 3. The first-order valence-electron chi connectivity index (χ1n) is 9.73. The molecule has 0 amide bonds. The van der Waals surface area contributed by atoms with Crippen LogP contribution in [-0.4, -0.2) is 27.2 Å². The van der Waals surface area contributed by atoms with Gasteiger partial charge in [-0.05, 0) is 47.5 Å². The first-order chi connectivity index (χ1) is 15.3. The number of aromatic nitrogens is 3. The highest BCUT2D eigenvalue weighted by Gasteiger charge is 2.30. The molecule has 166 valence electrons. The van der Waals surface area contributed by atoms with Gasteiger partial charge in [-0.1, -0.05) is 24.3 Å². The van der Waals surface area contributed by atoms with Crippen LogP contribution in [0.1, 0.15) is 6.42 Å². The Balaban J connectivity index is 1.45. The smallest absolute Gasteiger partial charge is 0.491 e. The standard InChI is InChI=1S/C22H19F3N4O3/c23-22(24,25)32-17-9-6-15(7-10-17)16-8-11-20-27-29(21(30)28(20)14-16)12-3-13-31-19-5-2-1-4-18(19)26/h1-2,4-11,14H,3,12-13,26H2. The highest BCUT2D eigenvalue weighted by Crippen LogP contribution is 2.26. The van der Waals surface area contributed by atoms with E-state index in [4.69, 9.17) is 10.5 Å². The minimum atomic E-state index is -4.75. The number of halogens is 3. The van der Waals surface area contributed by atoms with E-state index in [9.17, 15) is 18.0 Å². The number of aryl methyl sites for hydroxylation is 1. The second-order valence-electron chi connectivity index (χ2n) is 6.96. The Morgan fingerprint density at radius 3 is 2.41 bits per heavy atom. The fourth-order valence-electron chi connectivity index (χ4n) is 3.19. The highest BCUT2D eigenvalue weighted by atomic mass is 19.4. The summed E-state index contributed by atoms with van der Waals surface area (Å²) in [5, 5.41) is 4.31. The van der Waals surface area contributed by atoms with Gasteiger partial charge in [0.25, 0.3) is 0 Å². The highest BCUT2D eigenvalue weighted by molar-refractivity contribution is 5.65. The molecule has 0 aliphatic heterocycles. The van der Waals surface area contributed by atoms with E-state index in [0.29, 0.717) is 47.8 Å². The third kappa shape index (κ3) is 4.85. The number of ether oxygens (including phenoxy) is 2. The molecule has 4 aromatic rings. The molecule has 10 heteroatoms. The molecule has 0 radical (unpaired) electrons. The third-order valence-electron chi connectivity index (χ3n) is 4.69. The van der Waals surface area contributed by atoms with Crippen LogP contribution in [0.2, 0.25) is 0 Å². The topological polar surface area (TPSA) is 83.8 Å². The van der Waals surface area contributed by atoms with Crippen LogP contribution in [0.5, 0.6) is 11.5 Å². The lowest BCUT2D eigenvalue weighted by Crippen LogP contribution is -2.22. The number of pyridine rings is 1. The van der Waals surface area contributed by atoms with Crippen molar-refractivity contribution in [3.63, 3.8) is 0 Å². The van der Waals surface area contributed by atoms with E-state index >= 15 is 0 Å². The van der Waals surface area contributed by atoms with Crippen molar-refractivity contribution >= 4 is 11.3 Å². The summed E-state index contributed by atoms with van der Waals surface area (Å²) in [4.78, 5) is 12.7. The number of hydrogen-bond donors (Lipinski definition) is 1. The molecule has 7 nitrogen and oxygen atoms in total. The lowest BCUT2D eigenvalue weighted by atomic mass is 10.1. The summed E-state index contributed by atoms with van der Waals surface area (Å²) in [5.74, 6) is 0.276. The van der Waals surface area contributed by atoms with E-state index in [1.807, 2.05) is 12.1 Å². The Morgan fingerprint density at radius 2 is 1.69 bits per heavy atom. The number of para-hydroxylation sites is 2. The van der Waals surface area contributed by atoms with Gasteiger partial charge in [0.05, 0.1) is 12.3 Å². The van der Waals surface area contributed by atoms with Gasteiger partial charge >= 0.3 is 12.1 Å². The summed E-state index contributed by atoms with van der Waals surface area (Å²) >= 11 is 0. The van der Waals surface area contributed by atoms with Crippen molar-refractivity contribution in [1.82, 2.24) is 14.2 Å². The second kappa shape index (κ2) is 8.66. The summed E-state index contributed by atoms with van der Waals surface area (Å²) in [6.07, 6.45) is -2.60. The Bertz CT molecular complexity index is 1280. The molecule has 0 fully saturated rings. The fourth-order valence-corrected chi connectivity index (χ4v) is 3.19. The quantitative estimate of drug-likeness (QED) is 0.343. The van der Waals surface area contributed by atoms with E-state index in [2.05, 4.69) is 9.84 Å². The molecular formula is C22H19F3N4O3. The molecule has 0 atom stereocenters. The van der Waals surface area contributed by atoms with Crippen LogP contribution < -0.4 is 20.9 Å². The normalized spacial score (nSPS) is 11.6. The summed E-state index contributed by atoms with van der Waals surface area (Å²) < 4.78 is 49.2. The summed E-state index contributed by atoms with van der Waals surface area (Å²) in [6.45, 7) is 0.720. The molecule has 0 unspecified atom stereocenters. The van der Waals surface area contributed by atoms with Gasteiger partial charge in [-0.25, -0.2) is 13.9 Å². The number of fused-ring (bicyclic) bond motifs is 1. The van der Waals surface area contributed by atoms with E-state index in [0.717, 1.165) is 0 Å². The molecule has 32 heavy (non-hydrogen) atoms. The summed E-state index contributed by atoms with van der Waals surface area (Å²) in [6, 6.07) is 16.0. The van der Waals surface area contributed by atoms with E-state index in [1.165, 1.54) is 33.3 Å². The lowest BCUT2D eigenvalue weighted by Gasteiger charge is -2.09. The van der Waals surface area contributed by atoms with Crippen molar-refractivity contribution in [3.05, 3.63) is 77.3 Å². The molecular weight excluding hydrogens is 425 g/mol. The predicted molar refractivity (Wildman–Crippen MR) is 113 cm³/mol. The number of alkyl halides is 3. The van der Waals surface area contributed by atoms with Crippen molar-refractivity contribution in [3.8, 4) is 22.6 Å². The van der Waals surface area contributed by atoms with Gasteiger partial charge in [0.15, 0.2) is 5.65 Å². The molecule has 0 saturated heterocycles. The van der Waals surface area contributed by atoms with Gasteiger partial charge in [0, 0.05) is 19.2 Å². The van der Waals surface area contributed by atoms with Crippen molar-refractivity contribution in [2.45, 2.75) is 19.3 Å². The molecule has 0 aliphatic rings. The largest absolute Gasteiger partial charge is 0.573 e. The monoisotopic (exact) mass is 444 g/mol. The number of nitrogens with two attached hydrogens (primary N) is 1. The molecule has 2 heterocycles. The van der Waals surface area contributed by atoms with Crippen LogP contribution in [0.3, 0.4) is 0 Å². The molecule has 0 spiro atoms. The summed E-state index contributed by atoms with van der Waals surface area (Å²) in [5.41, 5.74) is 7.81. The fraction of sp³-hybridized carbons (Fsp3) is 0.182. The van der Waals surface area contributed by atoms with Gasteiger partial charge in [-0.15, -0.1) is 18.3 Å². The third-order valence-corrected chi connectivity index (χ3v) is 4.69. The summed E-state index contributed by atoms with van der Waals surface area (Å²) in [7, 11) is 0. The van der Waals surface area contributed by atoms with Crippen molar-refractivity contribution in [1.29, 1.82) is 0 Å². The Labute approximate surface area is 180 Å². The Morgan fingerprint density at radius 1 is 0.969 bits per heavy atom. The minimum absolute atomic E-state index is 0.313. The van der Waals surface area contributed by atoms with Crippen LogP contribution in [0, 0.1) is 0 Å². The first kappa shape index (κ1) is 21.3. The molecule has 2 aromatic heterocycles. The van der Waals surface area contributed by atoms with Crippen LogP contribution in [0.4, 0.5) is 18.9 Å². The van der Waals surface area contributed by atoms with Crippen LogP contribution in [0.15, 0.2) is 71.7 Å². The minimum Gasteiger partial charge on any atom is -0.491 e. The predicted octanol–water partition coefficient (Wildman–Crippen LogP) is 4.11. The second-order valence-corrected chi connectivity index (χ2v) is 6.96. The SMILES string of the molecule is Nc1ccccc1OCCCn1nc2ccc(-c3ccc(OC(F)(F)F)cc3)cn2c1=O. The number of anilines is 1. The average Bonchev–Trinajstić information content (AvgIpc) is 3.07. The van der Waals surface area contributed by atoms with Crippen molar-refractivity contribution < 1.29 is 22.6 Å². The molecule has 0 saturated carbocycles. The van der Waals surface area contributed by atoms with E-state index < -0.39 is 6.36 Å². The maximum atomic E-state index is 12.7. The van der Waals surface area contributed by atoms with Crippen LogP contribution in [0.25, 0.3) is 16.8 Å². The molecule has 2 aromatic carbocycles. The molecule has 2 N–H and O–H groups in total.